The maximum Gasteiger partial charge on any atom is 0.254 e. The third-order valence-corrected chi connectivity index (χ3v) is 4.88. The Labute approximate surface area is 179 Å². The summed E-state index contributed by atoms with van der Waals surface area (Å²) in [5, 5.41) is 11.3. The highest BCUT2D eigenvalue weighted by molar-refractivity contribution is 5.80. The van der Waals surface area contributed by atoms with Crippen molar-refractivity contribution in [2.75, 3.05) is 7.11 Å². The lowest BCUT2D eigenvalue weighted by atomic mass is 10.0. The highest BCUT2D eigenvalue weighted by atomic mass is 16.5. The molecule has 1 amide bonds. The van der Waals surface area contributed by atoms with E-state index in [4.69, 9.17) is 9.26 Å². The number of ether oxygens (including phenoxy) is 1. The van der Waals surface area contributed by atoms with Crippen molar-refractivity contribution in [2.24, 2.45) is 7.05 Å². The first-order valence-electron chi connectivity index (χ1n) is 9.92. The normalized spacial score (nSPS) is 10.8. The molecule has 0 radical (unpaired) electrons. The largest absolute Gasteiger partial charge is 0.479 e. The first kappa shape index (κ1) is 20.3. The Morgan fingerprint density at radius 1 is 1.13 bits per heavy atom. The van der Waals surface area contributed by atoms with E-state index in [-0.39, 0.29) is 5.91 Å². The van der Waals surface area contributed by atoms with Crippen LogP contribution in [0.25, 0.3) is 22.4 Å². The van der Waals surface area contributed by atoms with Gasteiger partial charge in [0.1, 0.15) is 11.5 Å². The summed E-state index contributed by atoms with van der Waals surface area (Å²) in [6.07, 6.45) is 6.34. The fourth-order valence-corrected chi connectivity index (χ4v) is 3.26. The summed E-state index contributed by atoms with van der Waals surface area (Å²) in [5.74, 6) is 0.983. The lowest BCUT2D eigenvalue weighted by Crippen LogP contribution is -2.22. The van der Waals surface area contributed by atoms with Crippen LogP contribution in [-0.4, -0.2) is 32.9 Å². The third-order valence-electron chi connectivity index (χ3n) is 4.88. The Morgan fingerprint density at radius 3 is 2.61 bits per heavy atom. The minimum Gasteiger partial charge on any atom is -0.479 e. The number of methoxy groups -OCH3 is 1. The number of nitrogens with one attached hydrogen (secondary N) is 1. The molecule has 0 unspecified atom stereocenters. The zero-order valence-electron chi connectivity index (χ0n) is 17.4. The van der Waals surface area contributed by atoms with Crippen molar-refractivity contribution < 1.29 is 14.1 Å². The van der Waals surface area contributed by atoms with Gasteiger partial charge in [0.25, 0.3) is 5.88 Å². The number of hydrogen-bond acceptors (Lipinski definition) is 6. The van der Waals surface area contributed by atoms with Crippen LogP contribution < -0.4 is 10.1 Å². The molecular weight excluding hydrogens is 394 g/mol. The van der Waals surface area contributed by atoms with E-state index >= 15 is 0 Å². The topological polar surface area (TPSA) is 95.1 Å². The summed E-state index contributed by atoms with van der Waals surface area (Å²) in [7, 11) is 3.43. The number of amides is 1. The maximum atomic E-state index is 12.1. The van der Waals surface area contributed by atoms with Gasteiger partial charge in [-0.1, -0.05) is 24.3 Å². The molecule has 8 heteroatoms. The molecule has 0 bridgehead atoms. The van der Waals surface area contributed by atoms with Gasteiger partial charge in [-0.15, -0.1) is 0 Å². The van der Waals surface area contributed by atoms with E-state index in [1.54, 1.807) is 18.5 Å². The molecule has 4 rings (SSSR count). The zero-order chi connectivity index (χ0) is 21.6. The fraction of sp³-hybridized carbons (Fsp3) is 0.217. The smallest absolute Gasteiger partial charge is 0.254 e. The molecule has 31 heavy (non-hydrogen) atoms. The highest BCUT2D eigenvalue weighted by Gasteiger charge is 2.12. The van der Waals surface area contributed by atoms with Crippen molar-refractivity contribution in [3.05, 3.63) is 72.4 Å². The lowest BCUT2D eigenvalue weighted by molar-refractivity contribution is -0.121. The van der Waals surface area contributed by atoms with Crippen LogP contribution in [-0.2, 0) is 24.8 Å². The molecule has 0 atom stereocenters. The van der Waals surface area contributed by atoms with Gasteiger partial charge in [-0.2, -0.15) is 5.10 Å². The Hall–Kier alpha value is -3.94. The van der Waals surface area contributed by atoms with Gasteiger partial charge in [-0.05, 0) is 28.4 Å². The second kappa shape index (κ2) is 9.25. The van der Waals surface area contributed by atoms with Crippen molar-refractivity contribution >= 4 is 5.91 Å². The minimum atomic E-state index is -0.0517. The Morgan fingerprint density at radius 2 is 1.90 bits per heavy atom. The van der Waals surface area contributed by atoms with Gasteiger partial charge in [0.05, 0.1) is 7.11 Å². The molecule has 8 nitrogen and oxygen atoms in total. The van der Waals surface area contributed by atoms with E-state index in [1.165, 1.54) is 7.11 Å². The average Bonchev–Trinajstić information content (AvgIpc) is 3.43. The van der Waals surface area contributed by atoms with Crippen LogP contribution in [0.2, 0.25) is 0 Å². The van der Waals surface area contributed by atoms with Crippen LogP contribution in [0.4, 0.5) is 0 Å². The summed E-state index contributed by atoms with van der Waals surface area (Å²) >= 11 is 0. The molecule has 0 spiro atoms. The van der Waals surface area contributed by atoms with Gasteiger partial charge in [-0.25, -0.2) is 0 Å². The number of benzene rings is 1. The molecule has 3 aromatic heterocycles. The maximum absolute atomic E-state index is 12.1. The molecule has 0 aliphatic carbocycles. The van der Waals surface area contributed by atoms with E-state index in [0.29, 0.717) is 31.0 Å². The zero-order valence-corrected chi connectivity index (χ0v) is 17.4. The van der Waals surface area contributed by atoms with Gasteiger partial charge >= 0.3 is 0 Å². The second-order valence-corrected chi connectivity index (χ2v) is 7.11. The Bertz CT molecular complexity index is 1150. The van der Waals surface area contributed by atoms with Crippen LogP contribution in [0.5, 0.6) is 5.88 Å². The van der Waals surface area contributed by atoms with Crippen LogP contribution in [0.15, 0.2) is 65.6 Å². The summed E-state index contributed by atoms with van der Waals surface area (Å²) < 4.78 is 11.9. The summed E-state index contributed by atoms with van der Waals surface area (Å²) in [6, 6.07) is 13.7. The molecule has 1 aromatic carbocycles. The predicted octanol–water partition coefficient (Wildman–Crippen LogP) is 3.39. The number of pyridine rings is 1. The minimum absolute atomic E-state index is 0.0517. The van der Waals surface area contributed by atoms with Crippen molar-refractivity contribution in [3.8, 4) is 28.3 Å². The molecule has 0 aliphatic rings. The van der Waals surface area contributed by atoms with Crippen molar-refractivity contribution in [2.45, 2.75) is 19.4 Å². The lowest BCUT2D eigenvalue weighted by Gasteiger charge is -2.07. The summed E-state index contributed by atoms with van der Waals surface area (Å²) in [5.41, 5.74) is 5.06. The van der Waals surface area contributed by atoms with E-state index in [1.807, 2.05) is 54.3 Å². The Balaban J connectivity index is 1.36. The number of carbonyl (C=O) groups excluding carboxylic acids is 1. The summed E-state index contributed by atoms with van der Waals surface area (Å²) in [4.78, 5) is 16.2. The van der Waals surface area contributed by atoms with Crippen LogP contribution in [0.3, 0.4) is 0 Å². The molecular formula is C23H23N5O3. The second-order valence-electron chi connectivity index (χ2n) is 7.11. The first-order valence-corrected chi connectivity index (χ1v) is 9.92. The molecule has 4 aromatic rings. The van der Waals surface area contributed by atoms with Gasteiger partial charge in [0, 0.05) is 62.2 Å². The fourth-order valence-electron chi connectivity index (χ4n) is 3.26. The number of aryl methyl sites for hydroxylation is 2. The standard InChI is InChI=1S/C23H23N5O3/c1-28-15-20(17-9-11-24-12-10-17)23(26-28)18-5-3-16(4-6-18)14-25-21(29)8-7-19-13-22(30-2)27-31-19/h3-6,9-13,15H,7-8,14H2,1-2H3,(H,25,29). The number of hydrogen-bond donors (Lipinski definition) is 1. The van der Waals surface area contributed by atoms with E-state index in [2.05, 4.69) is 20.6 Å². The van der Waals surface area contributed by atoms with Crippen molar-refractivity contribution in [1.29, 1.82) is 0 Å². The molecule has 0 fully saturated rings. The number of nitrogens with zero attached hydrogens (tertiary/aromatic N) is 4. The quantitative estimate of drug-likeness (QED) is 0.472. The average molecular weight is 417 g/mol. The molecule has 3 heterocycles. The van der Waals surface area contributed by atoms with Gasteiger partial charge in [0.2, 0.25) is 5.91 Å². The van der Waals surface area contributed by atoms with E-state index in [0.717, 1.165) is 27.9 Å². The third kappa shape index (κ3) is 4.98. The van der Waals surface area contributed by atoms with Crippen LogP contribution in [0, 0.1) is 0 Å². The highest BCUT2D eigenvalue weighted by Crippen LogP contribution is 2.30. The molecule has 158 valence electrons. The van der Waals surface area contributed by atoms with E-state index in [9.17, 15) is 4.79 Å². The Kier molecular flexibility index (Phi) is 6.07. The molecule has 0 aliphatic heterocycles. The van der Waals surface area contributed by atoms with Gasteiger partial charge < -0.3 is 14.6 Å². The van der Waals surface area contributed by atoms with Crippen molar-refractivity contribution in [3.63, 3.8) is 0 Å². The summed E-state index contributed by atoms with van der Waals surface area (Å²) in [6.45, 7) is 0.457. The first-order chi connectivity index (χ1) is 15.1. The SMILES string of the molecule is COc1cc(CCC(=O)NCc2ccc(-c3nn(C)cc3-c3ccncc3)cc2)on1. The van der Waals surface area contributed by atoms with Crippen molar-refractivity contribution in [1.82, 2.24) is 25.2 Å². The van der Waals surface area contributed by atoms with E-state index < -0.39 is 0 Å². The number of carbonyl (C=O) groups is 1. The monoisotopic (exact) mass is 417 g/mol. The predicted molar refractivity (Wildman–Crippen MR) is 115 cm³/mol. The van der Waals surface area contributed by atoms with Gasteiger partial charge in [-0.3, -0.25) is 14.5 Å². The van der Waals surface area contributed by atoms with Crippen LogP contribution >= 0.6 is 0 Å². The number of rotatable bonds is 8. The molecule has 0 saturated carbocycles. The van der Waals surface area contributed by atoms with Gasteiger partial charge in [0.15, 0.2) is 0 Å². The molecule has 0 saturated heterocycles. The number of aromatic nitrogens is 4. The molecule has 1 N–H and O–H groups in total. The van der Waals surface area contributed by atoms with Crippen LogP contribution in [0.1, 0.15) is 17.7 Å².